The van der Waals surface area contributed by atoms with E-state index >= 15 is 0 Å². The molecule has 1 saturated carbocycles. The van der Waals surface area contributed by atoms with E-state index in [0.29, 0.717) is 18.7 Å². The van der Waals surface area contributed by atoms with Crippen molar-refractivity contribution in [1.29, 1.82) is 0 Å². The first-order valence-corrected chi connectivity index (χ1v) is 11.0. The Morgan fingerprint density at radius 3 is 2.69 bits per heavy atom. The van der Waals surface area contributed by atoms with Gasteiger partial charge < -0.3 is 15.5 Å². The summed E-state index contributed by atoms with van der Waals surface area (Å²) >= 11 is 1.50. The minimum absolute atomic E-state index is 0.00536. The fourth-order valence-corrected chi connectivity index (χ4v) is 5.45. The molecule has 2 aromatic heterocycles. The number of urea groups is 1. The predicted molar refractivity (Wildman–Crippen MR) is 115 cm³/mol. The second-order valence-corrected chi connectivity index (χ2v) is 9.35. The summed E-state index contributed by atoms with van der Waals surface area (Å²) in [4.78, 5) is 31.1. The van der Waals surface area contributed by atoms with Crippen LogP contribution in [0, 0.1) is 5.41 Å². The van der Waals surface area contributed by atoms with Gasteiger partial charge in [-0.05, 0) is 48.6 Å². The molecule has 166 valence electrons. The minimum Gasteiger partial charge on any atom is -0.337 e. The van der Waals surface area contributed by atoms with Crippen molar-refractivity contribution in [3.8, 4) is 0 Å². The number of anilines is 1. The number of rotatable bonds is 3. The highest BCUT2D eigenvalue weighted by Gasteiger charge is 2.54. The zero-order chi connectivity index (χ0) is 22.5. The molecule has 1 aliphatic heterocycles. The van der Waals surface area contributed by atoms with Gasteiger partial charge in [0.25, 0.3) is 5.91 Å². The summed E-state index contributed by atoms with van der Waals surface area (Å²) in [5.74, 6) is -0.0100. The van der Waals surface area contributed by atoms with E-state index in [-0.39, 0.29) is 23.1 Å². The number of carbonyl (C=O) groups excluding carboxylic acids is 2. The quantitative estimate of drug-likeness (QED) is 0.593. The SMILES string of the molecule is O=C(Nc1cccc(C(F)(F)F)c1)NC1CC2(C1)CN(C(=O)c1ccnc3ccsc13)C2. The topological polar surface area (TPSA) is 74.3 Å². The molecule has 5 rings (SSSR count). The van der Waals surface area contributed by atoms with Crippen LogP contribution in [0.5, 0.6) is 0 Å². The van der Waals surface area contributed by atoms with Crippen molar-refractivity contribution in [2.75, 3.05) is 18.4 Å². The van der Waals surface area contributed by atoms with Crippen molar-refractivity contribution in [3.05, 3.63) is 59.1 Å². The Balaban J connectivity index is 1.12. The highest BCUT2D eigenvalue weighted by atomic mass is 32.1. The maximum Gasteiger partial charge on any atom is 0.416 e. The molecule has 10 heteroatoms. The number of hydrogen-bond acceptors (Lipinski definition) is 4. The summed E-state index contributed by atoms with van der Waals surface area (Å²) in [7, 11) is 0. The summed E-state index contributed by atoms with van der Waals surface area (Å²) < 4.78 is 39.3. The number of fused-ring (bicyclic) bond motifs is 1. The number of pyridine rings is 1. The van der Waals surface area contributed by atoms with Crippen LogP contribution in [-0.2, 0) is 6.18 Å². The molecule has 32 heavy (non-hydrogen) atoms. The van der Waals surface area contributed by atoms with Gasteiger partial charge in [0.05, 0.1) is 21.3 Å². The molecule has 2 aliphatic rings. The van der Waals surface area contributed by atoms with Crippen LogP contribution >= 0.6 is 11.3 Å². The molecule has 3 amide bonds. The number of halogens is 3. The van der Waals surface area contributed by atoms with Gasteiger partial charge in [0, 0.05) is 36.4 Å². The number of alkyl halides is 3. The van der Waals surface area contributed by atoms with Crippen LogP contribution in [0.2, 0.25) is 0 Å². The molecular weight excluding hydrogens is 441 g/mol. The van der Waals surface area contributed by atoms with Gasteiger partial charge in [-0.3, -0.25) is 9.78 Å². The molecule has 0 unspecified atom stereocenters. The van der Waals surface area contributed by atoms with E-state index in [2.05, 4.69) is 15.6 Å². The second kappa shape index (κ2) is 7.47. The van der Waals surface area contributed by atoms with Gasteiger partial charge in [0.1, 0.15) is 0 Å². The molecule has 2 N–H and O–H groups in total. The van der Waals surface area contributed by atoms with Crippen LogP contribution in [0.3, 0.4) is 0 Å². The third kappa shape index (κ3) is 3.79. The van der Waals surface area contributed by atoms with Gasteiger partial charge in [0.2, 0.25) is 0 Å². The van der Waals surface area contributed by atoms with Crippen molar-refractivity contribution >= 4 is 39.2 Å². The number of carbonyl (C=O) groups is 2. The lowest BCUT2D eigenvalue weighted by Gasteiger charge is -2.59. The Morgan fingerprint density at radius 1 is 1.16 bits per heavy atom. The van der Waals surface area contributed by atoms with Crippen LogP contribution in [0.15, 0.2) is 48.0 Å². The molecule has 1 aromatic carbocycles. The number of nitrogens with one attached hydrogen (secondary N) is 2. The van der Waals surface area contributed by atoms with E-state index in [1.165, 1.54) is 23.5 Å². The zero-order valence-corrected chi connectivity index (χ0v) is 17.6. The lowest BCUT2D eigenvalue weighted by Crippen LogP contribution is -2.67. The van der Waals surface area contributed by atoms with Crippen LogP contribution in [0.25, 0.3) is 10.2 Å². The molecule has 0 bridgehead atoms. The van der Waals surface area contributed by atoms with Crippen molar-refractivity contribution < 1.29 is 22.8 Å². The summed E-state index contributed by atoms with van der Waals surface area (Å²) in [6.45, 7) is 1.27. The lowest BCUT2D eigenvalue weighted by atomic mass is 9.60. The average molecular weight is 460 g/mol. The summed E-state index contributed by atoms with van der Waals surface area (Å²) in [6, 6.07) is 7.56. The molecule has 3 heterocycles. The Hall–Kier alpha value is -3.14. The molecule has 2 fully saturated rings. The fourth-order valence-electron chi connectivity index (χ4n) is 4.59. The number of hydrogen-bond donors (Lipinski definition) is 2. The zero-order valence-electron chi connectivity index (χ0n) is 16.8. The molecule has 1 spiro atoms. The molecular formula is C22H19F3N4O2S. The number of benzene rings is 1. The Kier molecular flexibility index (Phi) is 4.85. The third-order valence-corrected chi connectivity index (χ3v) is 6.99. The summed E-state index contributed by atoms with van der Waals surface area (Å²) in [5, 5.41) is 7.18. The highest BCUT2D eigenvalue weighted by Crippen LogP contribution is 2.49. The maximum absolute atomic E-state index is 12.9. The first-order chi connectivity index (χ1) is 15.2. The molecule has 6 nitrogen and oxygen atoms in total. The number of amides is 3. The number of nitrogens with zero attached hydrogens (tertiary/aromatic N) is 2. The number of aromatic nitrogens is 1. The van der Waals surface area contributed by atoms with E-state index in [4.69, 9.17) is 0 Å². The van der Waals surface area contributed by atoms with Crippen molar-refractivity contribution in [3.63, 3.8) is 0 Å². The van der Waals surface area contributed by atoms with Gasteiger partial charge in [-0.2, -0.15) is 13.2 Å². The second-order valence-electron chi connectivity index (χ2n) is 8.44. The largest absolute Gasteiger partial charge is 0.416 e. The van der Waals surface area contributed by atoms with Crippen molar-refractivity contribution in [1.82, 2.24) is 15.2 Å². The van der Waals surface area contributed by atoms with Gasteiger partial charge in [-0.15, -0.1) is 11.3 Å². The average Bonchev–Trinajstić information content (AvgIpc) is 3.16. The Bertz CT molecular complexity index is 1200. The van der Waals surface area contributed by atoms with Crippen molar-refractivity contribution in [2.24, 2.45) is 5.41 Å². The fraction of sp³-hybridized carbons (Fsp3) is 0.318. The van der Waals surface area contributed by atoms with E-state index in [9.17, 15) is 22.8 Å². The number of thiophene rings is 1. The Labute approximate surface area is 185 Å². The van der Waals surface area contributed by atoms with Crippen molar-refractivity contribution in [2.45, 2.75) is 25.1 Å². The van der Waals surface area contributed by atoms with E-state index in [1.54, 1.807) is 12.3 Å². The smallest absolute Gasteiger partial charge is 0.337 e. The van der Waals surface area contributed by atoms with Crippen LogP contribution in [-0.4, -0.2) is 41.0 Å². The van der Waals surface area contributed by atoms with Gasteiger partial charge >= 0.3 is 12.2 Å². The highest BCUT2D eigenvalue weighted by molar-refractivity contribution is 7.17. The van der Waals surface area contributed by atoms with Gasteiger partial charge in [-0.1, -0.05) is 6.07 Å². The monoisotopic (exact) mass is 460 g/mol. The molecule has 0 atom stereocenters. The van der Waals surface area contributed by atoms with E-state index in [0.717, 1.165) is 35.2 Å². The third-order valence-electron chi connectivity index (χ3n) is 6.06. The minimum atomic E-state index is -4.46. The van der Waals surface area contributed by atoms with Crippen LogP contribution in [0.1, 0.15) is 28.8 Å². The van der Waals surface area contributed by atoms with Crippen LogP contribution in [0.4, 0.5) is 23.7 Å². The van der Waals surface area contributed by atoms with Gasteiger partial charge in [0.15, 0.2) is 0 Å². The first kappa shape index (κ1) is 20.7. The van der Waals surface area contributed by atoms with E-state index < -0.39 is 17.8 Å². The Morgan fingerprint density at radius 2 is 1.94 bits per heavy atom. The maximum atomic E-state index is 12.9. The van der Waals surface area contributed by atoms with E-state index in [1.807, 2.05) is 16.3 Å². The van der Waals surface area contributed by atoms with Crippen LogP contribution < -0.4 is 10.6 Å². The molecule has 1 aliphatic carbocycles. The summed E-state index contributed by atoms with van der Waals surface area (Å²) in [6.07, 6.45) is -1.35. The molecule has 0 radical (unpaired) electrons. The summed E-state index contributed by atoms with van der Waals surface area (Å²) in [5.41, 5.74) is 0.756. The first-order valence-electron chi connectivity index (χ1n) is 10.1. The molecule has 1 saturated heterocycles. The normalized spacial score (nSPS) is 17.7. The lowest BCUT2D eigenvalue weighted by molar-refractivity contribution is -0.137. The van der Waals surface area contributed by atoms with Gasteiger partial charge in [-0.25, -0.2) is 4.79 Å². The molecule has 3 aromatic rings. The predicted octanol–water partition coefficient (Wildman–Crippen LogP) is 4.74. The standard InChI is InChI=1S/C22H19F3N4O2S/c23-22(24,25)13-2-1-3-14(8-13)27-20(31)28-15-9-21(10-15)11-29(12-21)19(30)16-4-6-26-17-5-7-32-18(16)17/h1-8,15H,9-12H2,(H2,27,28,31). The number of likely N-dealkylation sites (tertiary alicyclic amines) is 1.